The van der Waals surface area contributed by atoms with Crippen molar-refractivity contribution in [2.45, 2.75) is 20.8 Å². The molecule has 0 aliphatic heterocycles. The van der Waals surface area contributed by atoms with Gasteiger partial charge in [-0.1, -0.05) is 19.9 Å². The third-order valence-electron chi connectivity index (χ3n) is 4.42. The first-order chi connectivity index (χ1) is 13.0. The number of nitrogens with zero attached hydrogens (tertiary/aromatic N) is 1. The second kappa shape index (κ2) is 10.5. The van der Waals surface area contributed by atoms with Crippen LogP contribution in [0.5, 0.6) is 11.5 Å². The van der Waals surface area contributed by atoms with Crippen molar-refractivity contribution in [3.05, 3.63) is 51.1 Å². The van der Waals surface area contributed by atoms with Gasteiger partial charge in [0.25, 0.3) is 5.91 Å². The molecule has 146 valence electrons. The summed E-state index contributed by atoms with van der Waals surface area (Å²) in [5.41, 5.74) is 2.35. The van der Waals surface area contributed by atoms with Crippen molar-refractivity contribution in [1.82, 2.24) is 4.90 Å². The van der Waals surface area contributed by atoms with Gasteiger partial charge in [0, 0.05) is 21.7 Å². The summed E-state index contributed by atoms with van der Waals surface area (Å²) in [6, 6.07) is 11.1. The van der Waals surface area contributed by atoms with E-state index in [4.69, 9.17) is 9.47 Å². The highest BCUT2D eigenvalue weighted by Crippen LogP contribution is 2.29. The number of carbonyl (C=O) groups is 1. The third-order valence-corrected chi connectivity index (χ3v) is 5.59. The van der Waals surface area contributed by atoms with Crippen molar-refractivity contribution in [3.63, 3.8) is 0 Å². The fourth-order valence-corrected chi connectivity index (χ4v) is 3.15. The normalized spacial score (nSPS) is 10.7. The minimum Gasteiger partial charge on any atom is -0.495 e. The van der Waals surface area contributed by atoms with Gasteiger partial charge in [-0.25, -0.2) is 0 Å². The van der Waals surface area contributed by atoms with Crippen LogP contribution in [0.3, 0.4) is 0 Å². The van der Waals surface area contributed by atoms with Gasteiger partial charge in [0.05, 0.1) is 12.8 Å². The number of hydrogen-bond acceptors (Lipinski definition) is 4. The highest BCUT2D eigenvalue weighted by molar-refractivity contribution is 14.1. The van der Waals surface area contributed by atoms with Crippen molar-refractivity contribution in [3.8, 4) is 11.5 Å². The van der Waals surface area contributed by atoms with E-state index in [-0.39, 0.29) is 5.91 Å². The first-order valence-corrected chi connectivity index (χ1v) is 10.2. The molecule has 2 aromatic carbocycles. The number of methoxy groups -OCH3 is 1. The second-order valence-electron chi connectivity index (χ2n) is 6.16. The molecule has 2 aromatic rings. The summed E-state index contributed by atoms with van der Waals surface area (Å²) < 4.78 is 12.3. The molecule has 1 N–H and O–H groups in total. The van der Waals surface area contributed by atoms with E-state index in [1.165, 1.54) is 0 Å². The highest BCUT2D eigenvalue weighted by atomic mass is 127. The minimum atomic E-state index is -0.175. The summed E-state index contributed by atoms with van der Waals surface area (Å²) in [6.45, 7) is 9.75. The van der Waals surface area contributed by atoms with Gasteiger partial charge in [-0.05, 0) is 72.4 Å². The SMILES string of the molecule is CCN(CC)CCOc1ccc(OC)c(NC(=O)c2ccc(C)c(I)c2)c1. The number of halogens is 1. The molecule has 0 unspecified atom stereocenters. The van der Waals surface area contributed by atoms with Gasteiger partial charge in [-0.15, -0.1) is 0 Å². The summed E-state index contributed by atoms with van der Waals surface area (Å²) in [7, 11) is 1.58. The molecule has 0 saturated carbocycles. The van der Waals surface area contributed by atoms with Crippen LogP contribution in [0.2, 0.25) is 0 Å². The first kappa shape index (κ1) is 21.5. The predicted molar refractivity (Wildman–Crippen MR) is 118 cm³/mol. The topological polar surface area (TPSA) is 50.8 Å². The van der Waals surface area contributed by atoms with Gasteiger partial charge >= 0.3 is 0 Å². The van der Waals surface area contributed by atoms with E-state index in [9.17, 15) is 4.79 Å². The lowest BCUT2D eigenvalue weighted by Gasteiger charge is -2.18. The van der Waals surface area contributed by atoms with E-state index in [1.54, 1.807) is 19.2 Å². The lowest BCUT2D eigenvalue weighted by Crippen LogP contribution is -2.27. The van der Waals surface area contributed by atoms with E-state index in [1.807, 2.05) is 31.2 Å². The Labute approximate surface area is 175 Å². The molecule has 0 spiro atoms. The molecule has 0 fully saturated rings. The Morgan fingerprint density at radius 3 is 2.52 bits per heavy atom. The van der Waals surface area contributed by atoms with Crippen LogP contribution in [-0.4, -0.2) is 44.2 Å². The lowest BCUT2D eigenvalue weighted by molar-refractivity contribution is 0.102. The van der Waals surface area contributed by atoms with Gasteiger partial charge in [0.2, 0.25) is 0 Å². The fourth-order valence-electron chi connectivity index (χ4n) is 2.64. The molecule has 0 heterocycles. The number of carbonyl (C=O) groups excluding carboxylic acids is 1. The number of rotatable bonds is 9. The molecule has 27 heavy (non-hydrogen) atoms. The number of benzene rings is 2. The molecule has 0 aliphatic carbocycles. The van der Waals surface area contributed by atoms with Gasteiger partial charge < -0.3 is 19.7 Å². The van der Waals surface area contributed by atoms with Crippen LogP contribution < -0.4 is 14.8 Å². The molecule has 0 saturated heterocycles. The lowest BCUT2D eigenvalue weighted by atomic mass is 10.1. The number of likely N-dealkylation sites (N-methyl/N-ethyl adjacent to an activating group) is 1. The molecule has 1 amide bonds. The fraction of sp³-hybridized carbons (Fsp3) is 0.381. The largest absolute Gasteiger partial charge is 0.495 e. The predicted octanol–water partition coefficient (Wildman–Crippen LogP) is 4.58. The number of hydrogen-bond donors (Lipinski definition) is 1. The van der Waals surface area contributed by atoms with Gasteiger partial charge in [-0.2, -0.15) is 0 Å². The van der Waals surface area contributed by atoms with Crippen LogP contribution in [0, 0.1) is 10.5 Å². The maximum absolute atomic E-state index is 12.6. The summed E-state index contributed by atoms with van der Waals surface area (Å²) in [6.07, 6.45) is 0. The molecule has 0 radical (unpaired) electrons. The molecule has 0 aromatic heterocycles. The van der Waals surface area contributed by atoms with Gasteiger partial charge in [-0.3, -0.25) is 4.79 Å². The van der Waals surface area contributed by atoms with Crippen molar-refractivity contribution in [2.75, 3.05) is 38.7 Å². The maximum atomic E-state index is 12.6. The Kier molecular flexibility index (Phi) is 8.37. The number of anilines is 1. The van der Waals surface area contributed by atoms with E-state index >= 15 is 0 Å². The zero-order valence-corrected chi connectivity index (χ0v) is 18.5. The monoisotopic (exact) mass is 482 g/mol. The molecule has 0 aliphatic rings. The van der Waals surface area contributed by atoms with E-state index in [0.29, 0.717) is 29.4 Å². The third kappa shape index (κ3) is 6.10. The summed E-state index contributed by atoms with van der Waals surface area (Å²) in [5.74, 6) is 1.13. The van der Waals surface area contributed by atoms with Crippen molar-refractivity contribution in [2.24, 2.45) is 0 Å². The van der Waals surface area contributed by atoms with Crippen LogP contribution in [0.25, 0.3) is 0 Å². The zero-order valence-electron chi connectivity index (χ0n) is 16.3. The van der Waals surface area contributed by atoms with Gasteiger partial charge in [0.1, 0.15) is 18.1 Å². The van der Waals surface area contributed by atoms with Crippen molar-refractivity contribution in [1.29, 1.82) is 0 Å². The van der Waals surface area contributed by atoms with Crippen molar-refractivity contribution < 1.29 is 14.3 Å². The molecular weight excluding hydrogens is 455 g/mol. The summed E-state index contributed by atoms with van der Waals surface area (Å²) >= 11 is 2.23. The number of amides is 1. The molecule has 0 bridgehead atoms. The van der Waals surface area contributed by atoms with E-state index < -0.39 is 0 Å². The molecule has 2 rings (SSSR count). The first-order valence-electron chi connectivity index (χ1n) is 9.09. The average molecular weight is 482 g/mol. The number of aryl methyl sites for hydroxylation is 1. The quantitative estimate of drug-likeness (QED) is 0.532. The Balaban J connectivity index is 2.10. The molecular formula is C21H27IN2O3. The van der Waals surface area contributed by atoms with Crippen molar-refractivity contribution >= 4 is 34.2 Å². The maximum Gasteiger partial charge on any atom is 0.255 e. The Morgan fingerprint density at radius 2 is 1.89 bits per heavy atom. The minimum absolute atomic E-state index is 0.175. The number of ether oxygens (including phenoxy) is 2. The van der Waals surface area contributed by atoms with Crippen LogP contribution >= 0.6 is 22.6 Å². The smallest absolute Gasteiger partial charge is 0.255 e. The van der Waals surface area contributed by atoms with E-state index in [0.717, 1.165) is 28.8 Å². The van der Waals surface area contributed by atoms with E-state index in [2.05, 4.69) is 46.7 Å². The highest BCUT2D eigenvalue weighted by Gasteiger charge is 2.12. The Bertz CT molecular complexity index is 776. The molecule has 5 nitrogen and oxygen atoms in total. The second-order valence-corrected chi connectivity index (χ2v) is 7.32. The average Bonchev–Trinajstić information content (AvgIpc) is 2.67. The molecule has 0 atom stereocenters. The van der Waals surface area contributed by atoms with Crippen LogP contribution in [0.1, 0.15) is 29.8 Å². The van der Waals surface area contributed by atoms with Crippen LogP contribution in [0.4, 0.5) is 5.69 Å². The Morgan fingerprint density at radius 1 is 1.15 bits per heavy atom. The van der Waals surface area contributed by atoms with Gasteiger partial charge in [0.15, 0.2) is 0 Å². The summed E-state index contributed by atoms with van der Waals surface area (Å²) in [5, 5.41) is 2.93. The Hall–Kier alpha value is -1.80. The zero-order chi connectivity index (χ0) is 19.8. The number of nitrogens with one attached hydrogen (secondary N) is 1. The molecule has 6 heteroatoms. The van der Waals surface area contributed by atoms with Crippen LogP contribution in [0.15, 0.2) is 36.4 Å². The standard InChI is InChI=1S/C21H27IN2O3/c1-5-24(6-2)11-12-27-17-9-10-20(26-4)19(14-17)23-21(25)16-8-7-15(3)18(22)13-16/h7-10,13-14H,5-6,11-12H2,1-4H3,(H,23,25). The van der Waals surface area contributed by atoms with Crippen LogP contribution in [-0.2, 0) is 0 Å². The summed E-state index contributed by atoms with van der Waals surface area (Å²) in [4.78, 5) is 14.9.